The molecule has 0 bridgehead atoms. The molecule has 0 radical (unpaired) electrons. The molecule has 1 aliphatic rings. The lowest BCUT2D eigenvalue weighted by molar-refractivity contribution is -0.128. The van der Waals surface area contributed by atoms with E-state index in [0.29, 0.717) is 12.2 Å². The van der Waals surface area contributed by atoms with Crippen molar-refractivity contribution in [1.29, 1.82) is 0 Å². The van der Waals surface area contributed by atoms with Gasteiger partial charge in [-0.2, -0.15) is 0 Å². The van der Waals surface area contributed by atoms with E-state index in [1.54, 1.807) is 19.3 Å². The Hall–Kier alpha value is -1.76. The first kappa shape index (κ1) is 13.7. The second kappa shape index (κ2) is 5.92. The molecule has 0 saturated carbocycles. The summed E-state index contributed by atoms with van der Waals surface area (Å²) in [7, 11) is 0. The third kappa shape index (κ3) is 3.37. The van der Waals surface area contributed by atoms with Crippen molar-refractivity contribution in [3.05, 3.63) is 18.1 Å². The van der Waals surface area contributed by atoms with E-state index in [0.717, 1.165) is 31.9 Å². The number of anilines is 1. The molecule has 1 aliphatic heterocycles. The van der Waals surface area contributed by atoms with Crippen LogP contribution in [0.1, 0.15) is 19.0 Å². The Morgan fingerprint density at radius 3 is 2.63 bits per heavy atom. The van der Waals surface area contributed by atoms with Gasteiger partial charge in [0.1, 0.15) is 16.5 Å². The molecule has 102 valence electrons. The van der Waals surface area contributed by atoms with Gasteiger partial charge in [-0.05, 0) is 6.42 Å². The molecule has 1 saturated heterocycles. The van der Waals surface area contributed by atoms with Crippen molar-refractivity contribution in [1.82, 2.24) is 14.9 Å². The highest BCUT2D eigenvalue weighted by Crippen LogP contribution is 2.12. The monoisotopic (exact) mass is 279 g/mol. The summed E-state index contributed by atoms with van der Waals surface area (Å²) in [5, 5.41) is 0. The quantitative estimate of drug-likeness (QED) is 0.778. The maximum absolute atomic E-state index is 11.4. The molecular formula is C12H17N5OS. The maximum Gasteiger partial charge on any atom is 0.219 e. The largest absolute Gasteiger partial charge is 0.388 e. The second-order valence-corrected chi connectivity index (χ2v) is 4.91. The number of aromatic nitrogens is 2. The van der Waals surface area contributed by atoms with E-state index in [4.69, 9.17) is 18.0 Å². The fourth-order valence-corrected chi connectivity index (χ4v) is 2.18. The summed E-state index contributed by atoms with van der Waals surface area (Å²) in [5.74, 6) is 0.919. The van der Waals surface area contributed by atoms with Gasteiger partial charge in [-0.1, -0.05) is 12.2 Å². The zero-order valence-corrected chi connectivity index (χ0v) is 11.7. The van der Waals surface area contributed by atoms with Crippen LogP contribution in [0.5, 0.6) is 0 Å². The Labute approximate surface area is 117 Å². The highest BCUT2D eigenvalue weighted by atomic mass is 32.1. The predicted molar refractivity (Wildman–Crippen MR) is 77.0 cm³/mol. The Kier molecular flexibility index (Phi) is 4.26. The minimum absolute atomic E-state index is 0.122. The lowest BCUT2D eigenvalue weighted by Crippen LogP contribution is -2.34. The van der Waals surface area contributed by atoms with Gasteiger partial charge in [-0.3, -0.25) is 4.79 Å². The fourth-order valence-electron chi connectivity index (χ4n) is 2.07. The highest BCUT2D eigenvalue weighted by Gasteiger charge is 2.17. The molecule has 2 heterocycles. The molecule has 7 heteroatoms. The highest BCUT2D eigenvalue weighted by molar-refractivity contribution is 7.80. The molecule has 19 heavy (non-hydrogen) atoms. The molecule has 1 aromatic heterocycles. The minimum atomic E-state index is 0.122. The summed E-state index contributed by atoms with van der Waals surface area (Å²) in [6.07, 6.45) is 4.20. The van der Waals surface area contributed by atoms with Gasteiger partial charge in [0.25, 0.3) is 0 Å². The molecular weight excluding hydrogens is 262 g/mol. The molecule has 0 atom stereocenters. The summed E-state index contributed by atoms with van der Waals surface area (Å²) in [6, 6.07) is 0. The molecule has 1 amide bonds. The van der Waals surface area contributed by atoms with Gasteiger partial charge in [-0.15, -0.1) is 0 Å². The van der Waals surface area contributed by atoms with E-state index in [9.17, 15) is 4.79 Å². The smallest absolute Gasteiger partial charge is 0.219 e. The molecule has 1 fully saturated rings. The van der Waals surface area contributed by atoms with Gasteiger partial charge < -0.3 is 15.5 Å². The summed E-state index contributed by atoms with van der Waals surface area (Å²) < 4.78 is 0. The molecule has 2 N–H and O–H groups in total. The van der Waals surface area contributed by atoms with Gasteiger partial charge in [0, 0.05) is 33.1 Å². The summed E-state index contributed by atoms with van der Waals surface area (Å²) in [4.78, 5) is 24.1. The molecule has 2 rings (SSSR count). The fraction of sp³-hybridized carbons (Fsp3) is 0.500. The number of thiocarbonyl (C=S) groups is 1. The molecule has 1 aromatic rings. The molecule has 0 aliphatic carbocycles. The molecule has 0 aromatic carbocycles. The SMILES string of the molecule is CC(=O)N1CCCN(c2cnc(C(N)=S)cn2)CC1. The Morgan fingerprint density at radius 2 is 2.05 bits per heavy atom. The Balaban J connectivity index is 2.05. The van der Waals surface area contributed by atoms with E-state index in [1.807, 2.05) is 4.90 Å². The zero-order valence-electron chi connectivity index (χ0n) is 10.9. The van der Waals surface area contributed by atoms with E-state index in [-0.39, 0.29) is 10.9 Å². The van der Waals surface area contributed by atoms with Crippen molar-refractivity contribution in [3.63, 3.8) is 0 Å². The number of nitrogens with zero attached hydrogens (tertiary/aromatic N) is 4. The van der Waals surface area contributed by atoms with Crippen LogP contribution in [0.15, 0.2) is 12.4 Å². The van der Waals surface area contributed by atoms with Crippen LogP contribution in [0.25, 0.3) is 0 Å². The Bertz CT molecular complexity index is 476. The van der Waals surface area contributed by atoms with Crippen LogP contribution in [-0.4, -0.2) is 51.9 Å². The topological polar surface area (TPSA) is 75.4 Å². The maximum atomic E-state index is 11.4. The van der Waals surface area contributed by atoms with Gasteiger partial charge >= 0.3 is 0 Å². The number of rotatable bonds is 2. The van der Waals surface area contributed by atoms with Gasteiger partial charge in [0.15, 0.2) is 0 Å². The molecule has 0 unspecified atom stereocenters. The lowest BCUT2D eigenvalue weighted by Gasteiger charge is -2.21. The van der Waals surface area contributed by atoms with Crippen LogP contribution in [0, 0.1) is 0 Å². The van der Waals surface area contributed by atoms with Gasteiger partial charge in [0.2, 0.25) is 5.91 Å². The van der Waals surface area contributed by atoms with Crippen molar-refractivity contribution in [3.8, 4) is 0 Å². The van der Waals surface area contributed by atoms with Gasteiger partial charge in [0.05, 0.1) is 12.4 Å². The third-order valence-corrected chi connectivity index (χ3v) is 3.37. The van der Waals surface area contributed by atoms with Gasteiger partial charge in [-0.25, -0.2) is 9.97 Å². The van der Waals surface area contributed by atoms with Crippen LogP contribution in [0.3, 0.4) is 0 Å². The summed E-state index contributed by atoms with van der Waals surface area (Å²) in [6.45, 7) is 4.75. The van der Waals surface area contributed by atoms with Crippen LogP contribution in [-0.2, 0) is 4.79 Å². The van der Waals surface area contributed by atoms with Crippen LogP contribution < -0.4 is 10.6 Å². The minimum Gasteiger partial charge on any atom is -0.388 e. The van der Waals surface area contributed by atoms with E-state index in [1.165, 1.54) is 0 Å². The first-order chi connectivity index (χ1) is 9.08. The molecule has 0 spiro atoms. The average molecular weight is 279 g/mol. The van der Waals surface area contributed by atoms with Crippen molar-refractivity contribution >= 4 is 28.9 Å². The number of carbonyl (C=O) groups is 1. The van der Waals surface area contributed by atoms with E-state index < -0.39 is 0 Å². The van der Waals surface area contributed by atoms with Crippen molar-refractivity contribution in [2.24, 2.45) is 5.73 Å². The first-order valence-corrected chi connectivity index (χ1v) is 6.61. The predicted octanol–water partition coefficient (Wildman–Crippen LogP) is 0.169. The van der Waals surface area contributed by atoms with Crippen molar-refractivity contribution in [2.75, 3.05) is 31.1 Å². The number of amides is 1. The van der Waals surface area contributed by atoms with E-state index in [2.05, 4.69) is 14.9 Å². The standard InChI is InChI=1S/C12H17N5OS/c1-9(18)16-3-2-4-17(6-5-16)11-8-14-10(7-15-11)12(13)19/h7-8H,2-6H2,1H3,(H2,13,19). The summed E-state index contributed by atoms with van der Waals surface area (Å²) in [5.41, 5.74) is 6.02. The van der Waals surface area contributed by atoms with E-state index >= 15 is 0 Å². The second-order valence-electron chi connectivity index (χ2n) is 4.47. The number of hydrogen-bond donors (Lipinski definition) is 1. The summed E-state index contributed by atoms with van der Waals surface area (Å²) >= 11 is 4.85. The number of nitrogens with two attached hydrogens (primary N) is 1. The zero-order chi connectivity index (χ0) is 13.8. The first-order valence-electron chi connectivity index (χ1n) is 6.20. The number of carbonyl (C=O) groups excluding carboxylic acids is 1. The third-order valence-electron chi connectivity index (χ3n) is 3.16. The Morgan fingerprint density at radius 1 is 1.26 bits per heavy atom. The van der Waals surface area contributed by atoms with Crippen LogP contribution in [0.2, 0.25) is 0 Å². The average Bonchev–Trinajstić information content (AvgIpc) is 2.64. The normalized spacial score (nSPS) is 16.1. The van der Waals surface area contributed by atoms with Crippen LogP contribution in [0.4, 0.5) is 5.82 Å². The molecule has 6 nitrogen and oxygen atoms in total. The van der Waals surface area contributed by atoms with Crippen LogP contribution >= 0.6 is 12.2 Å². The lowest BCUT2D eigenvalue weighted by atomic mass is 10.3. The van der Waals surface area contributed by atoms with Crippen molar-refractivity contribution < 1.29 is 4.79 Å². The number of hydrogen-bond acceptors (Lipinski definition) is 5. The van der Waals surface area contributed by atoms with Crippen molar-refractivity contribution in [2.45, 2.75) is 13.3 Å².